The van der Waals surface area contributed by atoms with Gasteiger partial charge in [-0.1, -0.05) is 24.3 Å². The number of para-hydroxylation sites is 1. The average molecular weight is 321 g/mol. The van der Waals surface area contributed by atoms with E-state index in [1.165, 1.54) is 0 Å². The lowest BCUT2D eigenvalue weighted by Crippen LogP contribution is -2.14. The molecule has 2 N–H and O–H groups in total. The predicted octanol–water partition coefficient (Wildman–Crippen LogP) is 2.97. The quantitative estimate of drug-likeness (QED) is 0.622. The predicted molar refractivity (Wildman–Crippen MR) is 94.0 cm³/mol. The van der Waals surface area contributed by atoms with E-state index in [-0.39, 0.29) is 0 Å². The number of hydrogen-bond acceptors (Lipinski definition) is 6. The van der Waals surface area contributed by atoms with Crippen molar-refractivity contribution in [3.05, 3.63) is 72.7 Å². The molecule has 0 fully saturated rings. The summed E-state index contributed by atoms with van der Waals surface area (Å²) in [7, 11) is 0. The zero-order valence-electron chi connectivity index (χ0n) is 13.2. The van der Waals surface area contributed by atoms with Gasteiger partial charge in [-0.15, -0.1) is 0 Å². The standard InChI is InChI=1S/C18H19N5O/c1-2-6-16(7-3-1)24-12-11-21-18-20-10-8-17(23-18)22-14-15-5-4-9-19-13-15/h1-10,13H,11-12,14H2,(H2,20,21,22,23). The second kappa shape index (κ2) is 8.47. The summed E-state index contributed by atoms with van der Waals surface area (Å²) in [4.78, 5) is 12.7. The lowest BCUT2D eigenvalue weighted by atomic mass is 10.3. The molecule has 2 aromatic heterocycles. The molecule has 0 radical (unpaired) electrons. The molecule has 6 heteroatoms. The molecule has 3 aromatic rings. The highest BCUT2D eigenvalue weighted by molar-refractivity contribution is 5.40. The molecule has 6 nitrogen and oxygen atoms in total. The van der Waals surface area contributed by atoms with E-state index in [4.69, 9.17) is 4.74 Å². The third-order valence-corrected chi connectivity index (χ3v) is 3.25. The Labute approximate surface area is 141 Å². The molecule has 0 saturated carbocycles. The third-order valence-electron chi connectivity index (χ3n) is 3.25. The van der Waals surface area contributed by atoms with Gasteiger partial charge in [0.15, 0.2) is 0 Å². The minimum atomic E-state index is 0.542. The van der Waals surface area contributed by atoms with Gasteiger partial charge in [0, 0.05) is 25.1 Å². The molecule has 24 heavy (non-hydrogen) atoms. The highest BCUT2D eigenvalue weighted by atomic mass is 16.5. The number of hydrogen-bond donors (Lipinski definition) is 2. The second-order valence-corrected chi connectivity index (χ2v) is 5.07. The molecule has 0 bridgehead atoms. The zero-order valence-corrected chi connectivity index (χ0v) is 13.2. The minimum Gasteiger partial charge on any atom is -0.492 e. The first-order valence-electron chi connectivity index (χ1n) is 7.78. The van der Waals surface area contributed by atoms with Crippen molar-refractivity contribution in [2.24, 2.45) is 0 Å². The van der Waals surface area contributed by atoms with E-state index in [9.17, 15) is 0 Å². The first kappa shape index (κ1) is 15.7. The van der Waals surface area contributed by atoms with Crippen molar-refractivity contribution in [1.82, 2.24) is 15.0 Å². The van der Waals surface area contributed by atoms with Gasteiger partial charge >= 0.3 is 0 Å². The van der Waals surface area contributed by atoms with Crippen LogP contribution in [0.4, 0.5) is 11.8 Å². The fourth-order valence-electron chi connectivity index (χ4n) is 2.09. The first-order chi connectivity index (χ1) is 11.9. The van der Waals surface area contributed by atoms with E-state index in [0.717, 1.165) is 17.1 Å². The molecule has 0 atom stereocenters. The van der Waals surface area contributed by atoms with Crippen LogP contribution in [0.25, 0.3) is 0 Å². The topological polar surface area (TPSA) is 72.0 Å². The molecule has 3 rings (SSSR count). The maximum atomic E-state index is 5.62. The van der Waals surface area contributed by atoms with Gasteiger partial charge in [0.05, 0.1) is 6.54 Å². The van der Waals surface area contributed by atoms with Gasteiger partial charge in [0.25, 0.3) is 0 Å². The van der Waals surface area contributed by atoms with E-state index in [0.29, 0.717) is 25.6 Å². The number of rotatable bonds is 8. The van der Waals surface area contributed by atoms with E-state index >= 15 is 0 Å². The maximum absolute atomic E-state index is 5.62. The van der Waals surface area contributed by atoms with Crippen LogP contribution in [0, 0.1) is 0 Å². The molecule has 0 aliphatic carbocycles. The van der Waals surface area contributed by atoms with Gasteiger partial charge in [0.1, 0.15) is 18.2 Å². The van der Waals surface area contributed by atoms with Crippen molar-refractivity contribution in [3.63, 3.8) is 0 Å². The maximum Gasteiger partial charge on any atom is 0.224 e. The van der Waals surface area contributed by atoms with Gasteiger partial charge in [-0.05, 0) is 29.8 Å². The smallest absolute Gasteiger partial charge is 0.224 e. The Morgan fingerprint density at radius 2 is 1.83 bits per heavy atom. The van der Waals surface area contributed by atoms with Crippen LogP contribution in [0.15, 0.2) is 67.1 Å². The van der Waals surface area contributed by atoms with E-state index < -0.39 is 0 Å². The molecule has 0 saturated heterocycles. The molecular weight excluding hydrogens is 302 g/mol. The van der Waals surface area contributed by atoms with Gasteiger partial charge in [-0.2, -0.15) is 4.98 Å². The molecule has 1 aromatic carbocycles. The summed E-state index contributed by atoms with van der Waals surface area (Å²) in [5, 5.41) is 6.41. The van der Waals surface area contributed by atoms with E-state index in [2.05, 4.69) is 25.6 Å². The Morgan fingerprint density at radius 3 is 2.67 bits per heavy atom. The van der Waals surface area contributed by atoms with Crippen LogP contribution in [0.3, 0.4) is 0 Å². The van der Waals surface area contributed by atoms with Crippen LogP contribution >= 0.6 is 0 Å². The molecular formula is C18H19N5O. The molecule has 122 valence electrons. The van der Waals surface area contributed by atoms with Crippen LogP contribution in [-0.4, -0.2) is 28.1 Å². The summed E-state index contributed by atoms with van der Waals surface area (Å²) in [6.45, 7) is 1.84. The van der Waals surface area contributed by atoms with Crippen LogP contribution in [0.5, 0.6) is 5.75 Å². The van der Waals surface area contributed by atoms with Crippen LogP contribution < -0.4 is 15.4 Å². The fraction of sp³-hybridized carbons (Fsp3) is 0.167. The number of anilines is 2. The number of benzene rings is 1. The van der Waals surface area contributed by atoms with E-state index in [1.807, 2.05) is 54.7 Å². The van der Waals surface area contributed by atoms with Gasteiger partial charge in [-0.25, -0.2) is 4.98 Å². The number of pyridine rings is 1. The Kier molecular flexibility index (Phi) is 5.56. The summed E-state index contributed by atoms with van der Waals surface area (Å²) in [5.41, 5.74) is 1.10. The van der Waals surface area contributed by atoms with Gasteiger partial charge < -0.3 is 15.4 Å². The van der Waals surface area contributed by atoms with Crippen molar-refractivity contribution >= 4 is 11.8 Å². The largest absolute Gasteiger partial charge is 0.492 e. The number of aromatic nitrogens is 3. The summed E-state index contributed by atoms with van der Waals surface area (Å²) in [6, 6.07) is 15.5. The fourth-order valence-corrected chi connectivity index (χ4v) is 2.09. The lowest BCUT2D eigenvalue weighted by Gasteiger charge is -2.09. The first-order valence-corrected chi connectivity index (χ1v) is 7.78. The van der Waals surface area contributed by atoms with E-state index in [1.54, 1.807) is 12.4 Å². The normalized spacial score (nSPS) is 10.2. The van der Waals surface area contributed by atoms with Crippen molar-refractivity contribution in [1.29, 1.82) is 0 Å². The second-order valence-electron chi connectivity index (χ2n) is 5.07. The van der Waals surface area contributed by atoms with Crippen LogP contribution in [0.1, 0.15) is 5.56 Å². The monoisotopic (exact) mass is 321 g/mol. The number of nitrogens with one attached hydrogen (secondary N) is 2. The Balaban J connectivity index is 1.45. The van der Waals surface area contributed by atoms with Crippen LogP contribution in [0.2, 0.25) is 0 Å². The number of ether oxygens (including phenoxy) is 1. The summed E-state index contributed by atoms with van der Waals surface area (Å²) in [6.07, 6.45) is 5.31. The highest BCUT2D eigenvalue weighted by Crippen LogP contribution is 2.09. The lowest BCUT2D eigenvalue weighted by molar-refractivity contribution is 0.332. The van der Waals surface area contributed by atoms with Gasteiger partial charge in [-0.3, -0.25) is 4.98 Å². The molecule has 0 unspecified atom stereocenters. The Hall–Kier alpha value is -3.15. The Morgan fingerprint density at radius 1 is 0.917 bits per heavy atom. The summed E-state index contributed by atoms with van der Waals surface area (Å²) < 4.78 is 5.62. The summed E-state index contributed by atoms with van der Waals surface area (Å²) >= 11 is 0. The Bertz CT molecular complexity index is 737. The molecule has 2 heterocycles. The zero-order chi connectivity index (χ0) is 16.5. The third kappa shape index (κ3) is 4.95. The summed E-state index contributed by atoms with van der Waals surface area (Å²) in [5.74, 6) is 2.19. The molecule has 0 aliphatic heterocycles. The molecule has 0 aliphatic rings. The minimum absolute atomic E-state index is 0.542. The van der Waals surface area contributed by atoms with Crippen molar-refractivity contribution in [3.8, 4) is 5.75 Å². The highest BCUT2D eigenvalue weighted by Gasteiger charge is 2.00. The van der Waals surface area contributed by atoms with Crippen molar-refractivity contribution in [2.45, 2.75) is 6.54 Å². The van der Waals surface area contributed by atoms with Crippen molar-refractivity contribution in [2.75, 3.05) is 23.8 Å². The van der Waals surface area contributed by atoms with Crippen molar-refractivity contribution < 1.29 is 4.74 Å². The average Bonchev–Trinajstić information content (AvgIpc) is 2.66. The molecule has 0 spiro atoms. The van der Waals surface area contributed by atoms with Gasteiger partial charge in [0.2, 0.25) is 5.95 Å². The van der Waals surface area contributed by atoms with Crippen LogP contribution in [-0.2, 0) is 6.54 Å². The number of nitrogens with zero attached hydrogens (tertiary/aromatic N) is 3. The molecule has 0 amide bonds. The SMILES string of the molecule is c1ccc(OCCNc2nccc(NCc3cccnc3)n2)cc1.